The third-order valence-corrected chi connectivity index (χ3v) is 1.76. The van der Waals surface area contributed by atoms with Crippen LogP contribution in [0.4, 0.5) is 0 Å². The number of hydrogen-bond acceptors (Lipinski definition) is 3. The molecular formula is C8H14N2O2. The van der Waals surface area contributed by atoms with Crippen LogP contribution in [0.2, 0.25) is 0 Å². The molecule has 0 saturated heterocycles. The van der Waals surface area contributed by atoms with Crippen LogP contribution in [0.1, 0.15) is 26.2 Å². The lowest BCUT2D eigenvalue weighted by Gasteiger charge is -2.07. The highest BCUT2D eigenvalue weighted by molar-refractivity contribution is 6.04. The molecule has 1 rings (SSSR count). The molecule has 0 aromatic carbocycles. The zero-order chi connectivity index (χ0) is 8.97. The lowest BCUT2D eigenvalue weighted by Crippen LogP contribution is -2.23. The summed E-state index contributed by atoms with van der Waals surface area (Å²) < 4.78 is 0. The third-order valence-electron chi connectivity index (χ3n) is 1.76. The Morgan fingerprint density at radius 3 is 3.00 bits per heavy atom. The van der Waals surface area contributed by atoms with Gasteiger partial charge in [0.25, 0.3) is 0 Å². The van der Waals surface area contributed by atoms with Crippen molar-refractivity contribution in [3.63, 3.8) is 0 Å². The smallest absolute Gasteiger partial charge is 0.248 e. The highest BCUT2D eigenvalue weighted by atomic mass is 16.3. The maximum Gasteiger partial charge on any atom is 0.248 e. The number of amides is 1. The Morgan fingerprint density at radius 1 is 1.67 bits per heavy atom. The zero-order valence-corrected chi connectivity index (χ0v) is 7.29. The van der Waals surface area contributed by atoms with Gasteiger partial charge >= 0.3 is 0 Å². The van der Waals surface area contributed by atoms with E-state index in [4.69, 9.17) is 5.11 Å². The number of rotatable bonds is 4. The minimum Gasteiger partial charge on any atom is -0.394 e. The van der Waals surface area contributed by atoms with E-state index in [0.29, 0.717) is 13.0 Å². The summed E-state index contributed by atoms with van der Waals surface area (Å²) >= 11 is 0. The van der Waals surface area contributed by atoms with Crippen molar-refractivity contribution in [1.29, 1.82) is 0 Å². The summed E-state index contributed by atoms with van der Waals surface area (Å²) in [7, 11) is 0. The fraction of sp³-hybridized carbons (Fsp3) is 0.750. The molecule has 1 aliphatic rings. The molecule has 1 amide bonds. The average Bonchev–Trinajstić information content (AvgIpc) is 2.34. The Bertz CT molecular complexity index is 201. The Morgan fingerprint density at radius 2 is 2.42 bits per heavy atom. The number of nitrogens with zero attached hydrogens (tertiary/aromatic N) is 2. The second-order valence-electron chi connectivity index (χ2n) is 2.83. The minimum absolute atomic E-state index is 0.00694. The number of hydrazone groups is 1. The van der Waals surface area contributed by atoms with Gasteiger partial charge in [-0.3, -0.25) is 4.79 Å². The number of aliphatic hydroxyl groups excluding tert-OH is 1. The maximum atomic E-state index is 11.1. The van der Waals surface area contributed by atoms with Crippen LogP contribution in [-0.4, -0.2) is 34.9 Å². The van der Waals surface area contributed by atoms with Gasteiger partial charge in [-0.05, 0) is 6.42 Å². The van der Waals surface area contributed by atoms with Gasteiger partial charge in [-0.2, -0.15) is 5.10 Å². The topological polar surface area (TPSA) is 52.9 Å². The van der Waals surface area contributed by atoms with E-state index < -0.39 is 0 Å². The van der Waals surface area contributed by atoms with Crippen LogP contribution in [0.5, 0.6) is 0 Å². The minimum atomic E-state index is -0.0192. The summed E-state index contributed by atoms with van der Waals surface area (Å²) in [6.07, 6.45) is 2.33. The summed E-state index contributed by atoms with van der Waals surface area (Å²) in [4.78, 5) is 11.1. The quantitative estimate of drug-likeness (QED) is 0.662. The third kappa shape index (κ3) is 2.04. The molecular weight excluding hydrogens is 156 g/mol. The Kier molecular flexibility index (Phi) is 3.22. The van der Waals surface area contributed by atoms with E-state index in [-0.39, 0.29) is 12.5 Å². The first kappa shape index (κ1) is 9.19. The Labute approximate surface area is 71.9 Å². The van der Waals surface area contributed by atoms with Gasteiger partial charge in [0.2, 0.25) is 5.91 Å². The number of β-amino-alcohol motifs (C(OH)–C–C–N with tert-alkyl or cyclic N) is 1. The maximum absolute atomic E-state index is 11.1. The first-order valence-corrected chi connectivity index (χ1v) is 4.25. The van der Waals surface area contributed by atoms with Gasteiger partial charge in [0.1, 0.15) is 0 Å². The second kappa shape index (κ2) is 4.21. The number of carbonyl (C=O) groups is 1. The van der Waals surface area contributed by atoms with Gasteiger partial charge in [-0.1, -0.05) is 13.3 Å². The lowest BCUT2D eigenvalue weighted by molar-refractivity contribution is -0.129. The van der Waals surface area contributed by atoms with E-state index in [0.717, 1.165) is 18.6 Å². The van der Waals surface area contributed by atoms with E-state index >= 15 is 0 Å². The molecule has 0 aliphatic carbocycles. The van der Waals surface area contributed by atoms with Crippen molar-refractivity contribution in [3.05, 3.63) is 0 Å². The largest absolute Gasteiger partial charge is 0.394 e. The van der Waals surface area contributed by atoms with Crippen molar-refractivity contribution >= 4 is 11.6 Å². The Hall–Kier alpha value is -0.900. The van der Waals surface area contributed by atoms with Crippen molar-refractivity contribution in [2.24, 2.45) is 5.10 Å². The summed E-state index contributed by atoms with van der Waals surface area (Å²) in [6.45, 7) is 2.36. The molecule has 0 aromatic heterocycles. The molecule has 0 saturated carbocycles. The van der Waals surface area contributed by atoms with Crippen LogP contribution in [0.15, 0.2) is 5.10 Å². The van der Waals surface area contributed by atoms with E-state index in [1.807, 2.05) is 0 Å². The lowest BCUT2D eigenvalue weighted by atomic mass is 10.2. The van der Waals surface area contributed by atoms with E-state index in [2.05, 4.69) is 12.0 Å². The molecule has 68 valence electrons. The first-order valence-electron chi connectivity index (χ1n) is 4.25. The molecule has 0 spiro atoms. The van der Waals surface area contributed by atoms with E-state index in [1.165, 1.54) is 5.01 Å². The summed E-state index contributed by atoms with van der Waals surface area (Å²) in [5.41, 5.74) is 0.941. The molecule has 4 nitrogen and oxygen atoms in total. The van der Waals surface area contributed by atoms with E-state index in [1.54, 1.807) is 0 Å². The van der Waals surface area contributed by atoms with Crippen molar-refractivity contribution < 1.29 is 9.90 Å². The predicted molar refractivity (Wildman–Crippen MR) is 45.8 cm³/mol. The molecule has 0 bridgehead atoms. The summed E-state index contributed by atoms with van der Waals surface area (Å²) in [5, 5.41) is 14.0. The van der Waals surface area contributed by atoms with Gasteiger partial charge in [-0.15, -0.1) is 0 Å². The van der Waals surface area contributed by atoms with Crippen molar-refractivity contribution in [2.45, 2.75) is 26.2 Å². The standard InChI is InChI=1S/C8H14N2O2/c1-2-3-7-6-8(12)10(9-7)4-5-11/h11H,2-6H2,1H3. The van der Waals surface area contributed by atoms with Gasteiger partial charge in [0, 0.05) is 5.71 Å². The molecule has 0 radical (unpaired) electrons. The highest BCUT2D eigenvalue weighted by Crippen LogP contribution is 2.10. The van der Waals surface area contributed by atoms with Gasteiger partial charge in [0.15, 0.2) is 0 Å². The normalized spacial score (nSPS) is 17.0. The second-order valence-corrected chi connectivity index (χ2v) is 2.83. The number of hydrogen-bond donors (Lipinski definition) is 1. The highest BCUT2D eigenvalue weighted by Gasteiger charge is 2.21. The van der Waals surface area contributed by atoms with E-state index in [9.17, 15) is 4.79 Å². The molecule has 0 unspecified atom stereocenters. The number of carbonyl (C=O) groups excluding carboxylic acids is 1. The van der Waals surface area contributed by atoms with Gasteiger partial charge in [0.05, 0.1) is 19.6 Å². The first-order chi connectivity index (χ1) is 5.77. The van der Waals surface area contributed by atoms with Crippen LogP contribution in [0.3, 0.4) is 0 Å². The summed E-state index contributed by atoms with van der Waals surface area (Å²) in [6, 6.07) is 0. The monoisotopic (exact) mass is 170 g/mol. The van der Waals surface area contributed by atoms with Crippen LogP contribution in [-0.2, 0) is 4.79 Å². The van der Waals surface area contributed by atoms with Crippen molar-refractivity contribution in [1.82, 2.24) is 5.01 Å². The van der Waals surface area contributed by atoms with Crippen molar-refractivity contribution in [2.75, 3.05) is 13.2 Å². The molecule has 4 heteroatoms. The van der Waals surface area contributed by atoms with Gasteiger partial charge < -0.3 is 5.11 Å². The fourth-order valence-electron chi connectivity index (χ4n) is 1.22. The zero-order valence-electron chi connectivity index (χ0n) is 7.29. The molecule has 1 heterocycles. The summed E-state index contributed by atoms with van der Waals surface area (Å²) in [5.74, 6) is 0.00694. The predicted octanol–water partition coefficient (Wildman–Crippen LogP) is 0.367. The molecule has 0 atom stereocenters. The van der Waals surface area contributed by atoms with Crippen LogP contribution in [0.25, 0.3) is 0 Å². The van der Waals surface area contributed by atoms with Gasteiger partial charge in [-0.25, -0.2) is 5.01 Å². The SMILES string of the molecule is CCCC1=NN(CCO)C(=O)C1. The molecule has 12 heavy (non-hydrogen) atoms. The molecule has 0 fully saturated rings. The van der Waals surface area contributed by atoms with Crippen LogP contribution >= 0.6 is 0 Å². The van der Waals surface area contributed by atoms with Crippen LogP contribution < -0.4 is 0 Å². The van der Waals surface area contributed by atoms with Crippen molar-refractivity contribution in [3.8, 4) is 0 Å². The van der Waals surface area contributed by atoms with Crippen LogP contribution in [0, 0.1) is 0 Å². The fourth-order valence-corrected chi connectivity index (χ4v) is 1.22. The average molecular weight is 170 g/mol. The Balaban J connectivity index is 2.48. The molecule has 1 aliphatic heterocycles. The molecule has 1 N–H and O–H groups in total. The number of aliphatic hydroxyl groups is 1. The molecule has 0 aromatic rings.